The van der Waals surface area contributed by atoms with E-state index >= 15 is 0 Å². The lowest BCUT2D eigenvalue weighted by atomic mass is 10.0. The van der Waals surface area contributed by atoms with Crippen LogP contribution in [0.3, 0.4) is 0 Å². The number of rotatable bonds is 6. The van der Waals surface area contributed by atoms with Gasteiger partial charge in [-0.2, -0.15) is 0 Å². The molecule has 1 unspecified atom stereocenters. The third-order valence-electron chi connectivity index (χ3n) is 3.19. The number of aryl methyl sites for hydroxylation is 1. The summed E-state index contributed by atoms with van der Waals surface area (Å²) in [6.45, 7) is 0. The Morgan fingerprint density at radius 2 is 2.21 bits per heavy atom. The lowest BCUT2D eigenvalue weighted by molar-refractivity contribution is 0.459. The van der Waals surface area contributed by atoms with E-state index in [2.05, 4.69) is 5.32 Å². The fraction of sp³-hybridized carbons (Fsp3) is 0.333. The molecule has 0 amide bonds. The Morgan fingerprint density at radius 3 is 2.84 bits per heavy atom. The van der Waals surface area contributed by atoms with Crippen LogP contribution in [0.1, 0.15) is 17.7 Å². The Labute approximate surface area is 117 Å². The van der Waals surface area contributed by atoms with E-state index in [0.29, 0.717) is 0 Å². The van der Waals surface area contributed by atoms with Gasteiger partial charge in [0.1, 0.15) is 11.6 Å². The Bertz CT molecular complexity index is 513. The van der Waals surface area contributed by atoms with Crippen molar-refractivity contribution in [2.45, 2.75) is 25.3 Å². The maximum Gasteiger partial charge on any atom is 0.142 e. The molecule has 1 N–H and O–H groups in total. The molecule has 2 nitrogen and oxygen atoms in total. The Morgan fingerprint density at radius 1 is 1.37 bits per heavy atom. The molecule has 2 rings (SSSR count). The maximum absolute atomic E-state index is 13.4. The Balaban J connectivity index is 1.92. The van der Waals surface area contributed by atoms with Gasteiger partial charge in [0.2, 0.25) is 0 Å². The van der Waals surface area contributed by atoms with E-state index in [1.807, 2.05) is 25.2 Å². The summed E-state index contributed by atoms with van der Waals surface area (Å²) in [5, 5.41) is 3.42. The summed E-state index contributed by atoms with van der Waals surface area (Å²) in [5.41, 5.74) is 0.945. The van der Waals surface area contributed by atoms with Gasteiger partial charge in [-0.25, -0.2) is 4.39 Å². The van der Waals surface area contributed by atoms with Gasteiger partial charge in [0.15, 0.2) is 0 Å². The van der Waals surface area contributed by atoms with Crippen LogP contribution < -0.4 is 5.32 Å². The highest BCUT2D eigenvalue weighted by molar-refractivity contribution is 6.30. The molecule has 1 aromatic carbocycles. The predicted molar refractivity (Wildman–Crippen MR) is 75.0 cm³/mol. The summed E-state index contributed by atoms with van der Waals surface area (Å²) >= 11 is 5.68. The molecule has 0 bridgehead atoms. The van der Waals surface area contributed by atoms with E-state index in [0.717, 1.165) is 30.6 Å². The lowest BCUT2D eigenvalue weighted by Crippen LogP contribution is -2.28. The van der Waals surface area contributed by atoms with Crippen molar-refractivity contribution >= 4 is 11.6 Å². The smallest absolute Gasteiger partial charge is 0.142 e. The number of likely N-dealkylation sites (N-methyl/N-ethyl adjacent to an activating group) is 1. The molecule has 0 fully saturated rings. The van der Waals surface area contributed by atoms with Gasteiger partial charge in [-0.1, -0.05) is 17.7 Å². The monoisotopic (exact) mass is 281 g/mol. The second kappa shape index (κ2) is 6.73. The van der Waals surface area contributed by atoms with E-state index in [1.54, 1.807) is 12.3 Å². The molecule has 1 atom stereocenters. The molecule has 1 aromatic heterocycles. The maximum atomic E-state index is 13.4. The molecule has 19 heavy (non-hydrogen) atoms. The molecule has 0 spiro atoms. The quantitative estimate of drug-likeness (QED) is 0.870. The van der Waals surface area contributed by atoms with Crippen LogP contribution in [-0.2, 0) is 12.8 Å². The number of halogens is 2. The van der Waals surface area contributed by atoms with Gasteiger partial charge in [0.05, 0.1) is 11.3 Å². The van der Waals surface area contributed by atoms with Crippen molar-refractivity contribution in [3.05, 3.63) is 58.8 Å². The average molecular weight is 282 g/mol. The zero-order valence-corrected chi connectivity index (χ0v) is 11.6. The van der Waals surface area contributed by atoms with Crippen molar-refractivity contribution in [3.8, 4) is 0 Å². The molecular formula is C15H17ClFNO. The highest BCUT2D eigenvalue weighted by Crippen LogP contribution is 2.17. The summed E-state index contributed by atoms with van der Waals surface area (Å²) in [6, 6.07) is 9.10. The van der Waals surface area contributed by atoms with Gasteiger partial charge in [0.25, 0.3) is 0 Å². The minimum absolute atomic E-state index is 0.167. The highest BCUT2D eigenvalue weighted by Gasteiger charge is 2.10. The average Bonchev–Trinajstić information content (AvgIpc) is 2.92. The predicted octanol–water partition coefficient (Wildman–Crippen LogP) is 3.84. The molecule has 102 valence electrons. The molecule has 0 saturated carbocycles. The molecule has 4 heteroatoms. The zero-order chi connectivity index (χ0) is 13.7. The van der Waals surface area contributed by atoms with Crippen LogP contribution >= 0.6 is 11.6 Å². The molecule has 0 saturated heterocycles. The number of hydrogen-bond donors (Lipinski definition) is 1. The summed E-state index contributed by atoms with van der Waals surface area (Å²) in [6.07, 6.45) is 4.26. The van der Waals surface area contributed by atoms with Gasteiger partial charge >= 0.3 is 0 Å². The molecule has 0 aliphatic carbocycles. The van der Waals surface area contributed by atoms with Crippen molar-refractivity contribution < 1.29 is 8.81 Å². The zero-order valence-electron chi connectivity index (χ0n) is 10.8. The largest absolute Gasteiger partial charge is 0.469 e. The summed E-state index contributed by atoms with van der Waals surface area (Å²) in [4.78, 5) is 0. The van der Waals surface area contributed by atoms with Gasteiger partial charge in [-0.05, 0) is 49.7 Å². The van der Waals surface area contributed by atoms with E-state index in [4.69, 9.17) is 16.0 Å². The highest BCUT2D eigenvalue weighted by atomic mass is 35.5. The second-order valence-corrected chi connectivity index (χ2v) is 4.96. The normalized spacial score (nSPS) is 12.6. The summed E-state index contributed by atoms with van der Waals surface area (Å²) in [7, 11) is 1.92. The first-order valence-corrected chi connectivity index (χ1v) is 6.70. The first kappa shape index (κ1) is 14.1. The van der Waals surface area contributed by atoms with Crippen molar-refractivity contribution in [3.63, 3.8) is 0 Å². The Kier molecular flexibility index (Phi) is 5.00. The van der Waals surface area contributed by atoms with Crippen LogP contribution in [0.4, 0.5) is 4.39 Å². The van der Waals surface area contributed by atoms with Crippen molar-refractivity contribution in [2.24, 2.45) is 0 Å². The van der Waals surface area contributed by atoms with Crippen LogP contribution in [0.25, 0.3) is 0 Å². The van der Waals surface area contributed by atoms with Crippen LogP contribution in [-0.4, -0.2) is 13.1 Å². The molecule has 0 aliphatic rings. The first-order valence-electron chi connectivity index (χ1n) is 6.32. The van der Waals surface area contributed by atoms with Gasteiger partial charge in [-0.15, -0.1) is 0 Å². The fourth-order valence-corrected chi connectivity index (χ4v) is 2.19. The van der Waals surface area contributed by atoms with E-state index < -0.39 is 0 Å². The number of furan rings is 1. The minimum atomic E-state index is -0.361. The van der Waals surface area contributed by atoms with E-state index in [1.165, 1.54) is 6.07 Å². The first-order chi connectivity index (χ1) is 9.19. The number of nitrogens with one attached hydrogen (secondary N) is 1. The topological polar surface area (TPSA) is 25.2 Å². The van der Waals surface area contributed by atoms with Crippen molar-refractivity contribution in [1.29, 1.82) is 0 Å². The third-order valence-corrected chi connectivity index (χ3v) is 3.50. The summed E-state index contributed by atoms with van der Waals surface area (Å²) in [5.74, 6) is 0.614. The standard InChI is InChI=1S/C15H17ClFNO/c1-18-12(5-6-13-3-2-8-19-13)9-11-4-7-14(16)15(17)10-11/h2-4,7-8,10,12,18H,5-6,9H2,1H3. The van der Waals surface area contributed by atoms with Crippen molar-refractivity contribution in [1.82, 2.24) is 5.32 Å². The molecule has 1 heterocycles. The van der Waals surface area contributed by atoms with E-state index in [9.17, 15) is 4.39 Å². The van der Waals surface area contributed by atoms with Crippen LogP contribution in [0.15, 0.2) is 41.0 Å². The SMILES string of the molecule is CNC(CCc1ccco1)Cc1ccc(Cl)c(F)c1. The van der Waals surface area contributed by atoms with Crippen LogP contribution in [0.5, 0.6) is 0 Å². The lowest BCUT2D eigenvalue weighted by Gasteiger charge is -2.15. The number of hydrogen-bond acceptors (Lipinski definition) is 2. The van der Waals surface area contributed by atoms with Gasteiger partial charge < -0.3 is 9.73 Å². The van der Waals surface area contributed by atoms with Gasteiger partial charge in [0, 0.05) is 12.5 Å². The van der Waals surface area contributed by atoms with E-state index in [-0.39, 0.29) is 16.9 Å². The molecule has 2 aromatic rings. The fourth-order valence-electron chi connectivity index (χ4n) is 2.07. The second-order valence-electron chi connectivity index (χ2n) is 4.56. The molecular weight excluding hydrogens is 265 g/mol. The van der Waals surface area contributed by atoms with Gasteiger partial charge in [-0.3, -0.25) is 0 Å². The third kappa shape index (κ3) is 4.08. The summed E-state index contributed by atoms with van der Waals surface area (Å²) < 4.78 is 18.7. The van der Waals surface area contributed by atoms with Crippen LogP contribution in [0, 0.1) is 5.82 Å². The number of benzene rings is 1. The van der Waals surface area contributed by atoms with Crippen molar-refractivity contribution in [2.75, 3.05) is 7.05 Å². The van der Waals surface area contributed by atoms with Crippen LogP contribution in [0.2, 0.25) is 5.02 Å². The molecule has 0 radical (unpaired) electrons. The molecule has 0 aliphatic heterocycles. The Hall–Kier alpha value is -1.32. The minimum Gasteiger partial charge on any atom is -0.469 e.